The summed E-state index contributed by atoms with van der Waals surface area (Å²) >= 11 is 0. The zero-order chi connectivity index (χ0) is 16.6. The predicted molar refractivity (Wildman–Crippen MR) is 88.6 cm³/mol. The molecule has 0 saturated carbocycles. The van der Waals surface area contributed by atoms with E-state index in [2.05, 4.69) is 39.4 Å². The van der Waals surface area contributed by atoms with Crippen LogP contribution in [0.1, 0.15) is 54.0 Å². The Morgan fingerprint density at radius 2 is 2.17 bits per heavy atom. The minimum absolute atomic E-state index is 0.0602. The number of aromatic amines is 1. The molecular formula is C18H22N4O2. The van der Waals surface area contributed by atoms with Crippen LogP contribution in [0, 0.1) is 0 Å². The third kappa shape index (κ3) is 2.41. The van der Waals surface area contributed by atoms with E-state index in [1.54, 1.807) is 0 Å². The van der Waals surface area contributed by atoms with Crippen LogP contribution in [0.25, 0.3) is 0 Å². The lowest BCUT2D eigenvalue weighted by Crippen LogP contribution is -2.44. The summed E-state index contributed by atoms with van der Waals surface area (Å²) in [6, 6.07) is 8.63. The zero-order valence-electron chi connectivity index (χ0n) is 13.9. The van der Waals surface area contributed by atoms with Crippen molar-refractivity contribution in [3.05, 3.63) is 47.5 Å². The van der Waals surface area contributed by atoms with Crippen LogP contribution in [0.2, 0.25) is 0 Å². The van der Waals surface area contributed by atoms with Crippen LogP contribution in [0.15, 0.2) is 30.6 Å². The summed E-state index contributed by atoms with van der Waals surface area (Å²) in [5, 5.41) is 6.43. The topological polar surface area (TPSA) is 71.1 Å². The second kappa shape index (κ2) is 6.02. The fourth-order valence-corrected chi connectivity index (χ4v) is 4.26. The molecule has 1 spiro atoms. The first kappa shape index (κ1) is 15.3. The van der Waals surface area contributed by atoms with Crippen molar-refractivity contribution < 1.29 is 9.53 Å². The molecule has 6 heteroatoms. The van der Waals surface area contributed by atoms with Crippen molar-refractivity contribution in [3.63, 3.8) is 0 Å². The van der Waals surface area contributed by atoms with E-state index in [1.807, 2.05) is 11.8 Å². The monoisotopic (exact) mass is 326 g/mol. The van der Waals surface area contributed by atoms with E-state index >= 15 is 0 Å². The van der Waals surface area contributed by atoms with Gasteiger partial charge in [0.25, 0.3) is 5.91 Å². The molecule has 1 aliphatic heterocycles. The third-order valence-electron chi connectivity index (χ3n) is 5.45. The standard InChI is InChI=1S/C18H22N4O2/c1-2-24-15-11-18(14-6-4-3-5-13(14)15)7-9-22(10-8-18)17(23)16-19-12-20-21-16/h3-6,12,15H,2,7-11H2,1H3,(H,19,20,21)/t15-/m0/s1. The number of carbonyl (C=O) groups is 1. The van der Waals surface area contributed by atoms with E-state index in [0.29, 0.717) is 5.82 Å². The highest BCUT2D eigenvalue weighted by molar-refractivity contribution is 5.90. The smallest absolute Gasteiger partial charge is 0.291 e. The Morgan fingerprint density at radius 1 is 1.38 bits per heavy atom. The minimum atomic E-state index is -0.0602. The molecule has 126 valence electrons. The molecule has 0 unspecified atom stereocenters. The number of piperidine rings is 1. The summed E-state index contributed by atoms with van der Waals surface area (Å²) in [5.41, 5.74) is 2.87. The number of benzene rings is 1. The van der Waals surface area contributed by atoms with E-state index in [9.17, 15) is 4.79 Å². The van der Waals surface area contributed by atoms with Gasteiger partial charge in [-0.1, -0.05) is 24.3 Å². The van der Waals surface area contributed by atoms with Crippen molar-refractivity contribution in [2.45, 2.75) is 37.7 Å². The maximum atomic E-state index is 12.4. The average molecular weight is 326 g/mol. The zero-order valence-corrected chi connectivity index (χ0v) is 13.9. The Bertz CT molecular complexity index is 720. The van der Waals surface area contributed by atoms with E-state index in [-0.39, 0.29) is 17.4 Å². The fourth-order valence-electron chi connectivity index (χ4n) is 4.26. The fraction of sp³-hybridized carbons (Fsp3) is 0.500. The molecule has 1 saturated heterocycles. The van der Waals surface area contributed by atoms with Crippen molar-refractivity contribution >= 4 is 5.91 Å². The SMILES string of the molecule is CCO[C@H]1CC2(CCN(C(=O)c3ncn[nH]3)CC2)c2ccccc21. The maximum Gasteiger partial charge on any atom is 0.291 e. The van der Waals surface area contributed by atoms with Gasteiger partial charge in [-0.05, 0) is 37.3 Å². The number of aromatic nitrogens is 3. The first-order valence-corrected chi connectivity index (χ1v) is 8.59. The largest absolute Gasteiger partial charge is 0.374 e. The van der Waals surface area contributed by atoms with Crippen molar-refractivity contribution in [1.82, 2.24) is 20.1 Å². The molecule has 2 aromatic rings. The van der Waals surface area contributed by atoms with Gasteiger partial charge in [-0.15, -0.1) is 0 Å². The molecule has 6 nitrogen and oxygen atoms in total. The Labute approximate surface area is 141 Å². The van der Waals surface area contributed by atoms with Crippen LogP contribution in [-0.4, -0.2) is 45.7 Å². The predicted octanol–water partition coefficient (Wildman–Crippen LogP) is 2.46. The van der Waals surface area contributed by atoms with Gasteiger partial charge in [0.1, 0.15) is 6.33 Å². The summed E-state index contributed by atoms with van der Waals surface area (Å²) in [6.07, 6.45) is 4.51. The third-order valence-corrected chi connectivity index (χ3v) is 5.45. The van der Waals surface area contributed by atoms with E-state index < -0.39 is 0 Å². The van der Waals surface area contributed by atoms with Gasteiger partial charge in [0.15, 0.2) is 0 Å². The lowest BCUT2D eigenvalue weighted by atomic mass is 9.73. The normalized spacial score (nSPS) is 21.9. The number of nitrogens with one attached hydrogen (secondary N) is 1. The van der Waals surface area contributed by atoms with Crippen LogP contribution >= 0.6 is 0 Å². The van der Waals surface area contributed by atoms with Gasteiger partial charge in [0.2, 0.25) is 5.82 Å². The molecule has 2 aliphatic rings. The summed E-state index contributed by atoms with van der Waals surface area (Å²) in [5.74, 6) is 0.264. The summed E-state index contributed by atoms with van der Waals surface area (Å²) in [7, 11) is 0. The number of amides is 1. The van der Waals surface area contributed by atoms with Crippen LogP contribution in [0.4, 0.5) is 0 Å². The molecule has 1 aromatic heterocycles. The van der Waals surface area contributed by atoms with Crippen LogP contribution in [0.3, 0.4) is 0 Å². The molecule has 1 aromatic carbocycles. The Hall–Kier alpha value is -2.21. The lowest BCUT2D eigenvalue weighted by Gasteiger charge is -2.40. The first-order valence-electron chi connectivity index (χ1n) is 8.59. The van der Waals surface area contributed by atoms with Crippen molar-refractivity contribution in [2.75, 3.05) is 19.7 Å². The number of ether oxygens (including phenoxy) is 1. The van der Waals surface area contributed by atoms with Gasteiger partial charge in [0.05, 0.1) is 6.10 Å². The average Bonchev–Trinajstić information content (AvgIpc) is 3.24. The first-order chi connectivity index (χ1) is 11.7. The van der Waals surface area contributed by atoms with Gasteiger partial charge in [0, 0.05) is 25.1 Å². The minimum Gasteiger partial charge on any atom is -0.374 e. The molecule has 0 bridgehead atoms. The quantitative estimate of drug-likeness (QED) is 0.940. The van der Waals surface area contributed by atoms with Crippen molar-refractivity contribution in [3.8, 4) is 0 Å². The summed E-state index contributed by atoms with van der Waals surface area (Å²) in [6.45, 7) is 4.26. The molecule has 1 atom stereocenters. The Morgan fingerprint density at radius 3 is 2.88 bits per heavy atom. The van der Waals surface area contributed by atoms with Gasteiger partial charge in [-0.25, -0.2) is 4.98 Å². The van der Waals surface area contributed by atoms with Crippen LogP contribution in [0.5, 0.6) is 0 Å². The molecule has 2 heterocycles. The second-order valence-electron chi connectivity index (χ2n) is 6.64. The second-order valence-corrected chi connectivity index (χ2v) is 6.64. The highest BCUT2D eigenvalue weighted by Gasteiger charge is 2.46. The Kier molecular flexibility index (Phi) is 3.84. The lowest BCUT2D eigenvalue weighted by molar-refractivity contribution is 0.0378. The number of fused-ring (bicyclic) bond motifs is 2. The van der Waals surface area contributed by atoms with E-state index in [1.165, 1.54) is 17.5 Å². The maximum absolute atomic E-state index is 12.4. The molecule has 1 fully saturated rings. The van der Waals surface area contributed by atoms with Gasteiger partial charge < -0.3 is 9.64 Å². The van der Waals surface area contributed by atoms with Crippen LogP contribution < -0.4 is 0 Å². The number of likely N-dealkylation sites (tertiary alicyclic amines) is 1. The van der Waals surface area contributed by atoms with E-state index in [4.69, 9.17) is 4.74 Å². The van der Waals surface area contributed by atoms with Gasteiger partial charge in [-0.3, -0.25) is 9.89 Å². The molecule has 4 rings (SSSR count). The highest BCUT2D eigenvalue weighted by Crippen LogP contribution is 2.51. The number of rotatable bonds is 3. The van der Waals surface area contributed by atoms with Crippen molar-refractivity contribution in [2.24, 2.45) is 0 Å². The van der Waals surface area contributed by atoms with Crippen LogP contribution in [-0.2, 0) is 10.2 Å². The number of hydrogen-bond donors (Lipinski definition) is 1. The molecule has 1 N–H and O–H groups in total. The number of nitrogens with zero attached hydrogens (tertiary/aromatic N) is 3. The van der Waals surface area contributed by atoms with E-state index in [0.717, 1.165) is 39.0 Å². The molecule has 1 aliphatic carbocycles. The van der Waals surface area contributed by atoms with Gasteiger partial charge in [-0.2, -0.15) is 5.10 Å². The number of H-pyrrole nitrogens is 1. The number of carbonyl (C=O) groups excluding carboxylic acids is 1. The molecule has 0 radical (unpaired) electrons. The summed E-state index contributed by atoms with van der Waals surface area (Å²) < 4.78 is 5.99. The molecule has 1 amide bonds. The van der Waals surface area contributed by atoms with Gasteiger partial charge >= 0.3 is 0 Å². The molecule has 24 heavy (non-hydrogen) atoms. The van der Waals surface area contributed by atoms with Crippen molar-refractivity contribution in [1.29, 1.82) is 0 Å². The molecular weight excluding hydrogens is 304 g/mol. The Balaban J connectivity index is 1.53. The highest BCUT2D eigenvalue weighted by atomic mass is 16.5. The number of hydrogen-bond acceptors (Lipinski definition) is 4. The summed E-state index contributed by atoms with van der Waals surface area (Å²) in [4.78, 5) is 18.3.